The zero-order valence-corrected chi connectivity index (χ0v) is 17.6. The summed E-state index contributed by atoms with van der Waals surface area (Å²) in [6.07, 6.45) is 6.51. The van der Waals surface area contributed by atoms with Crippen molar-refractivity contribution < 1.29 is 4.79 Å². The molecule has 1 amide bonds. The summed E-state index contributed by atoms with van der Waals surface area (Å²) >= 11 is 0. The SMILES string of the molecule is CCn1c(-c2cnc(C)nc2)nc2c(NC3CCN(C(=O)CCNC)C3)ncnc21. The zero-order chi connectivity index (χ0) is 21.1. The molecule has 0 aromatic carbocycles. The second-order valence-corrected chi connectivity index (χ2v) is 7.42. The van der Waals surface area contributed by atoms with Crippen LogP contribution < -0.4 is 10.6 Å². The van der Waals surface area contributed by atoms with Gasteiger partial charge in [0, 0.05) is 51.0 Å². The van der Waals surface area contributed by atoms with Crippen molar-refractivity contribution in [2.75, 3.05) is 32.0 Å². The van der Waals surface area contributed by atoms with Gasteiger partial charge in [-0.1, -0.05) is 0 Å². The highest BCUT2D eigenvalue weighted by Gasteiger charge is 2.27. The molecule has 1 fully saturated rings. The zero-order valence-electron chi connectivity index (χ0n) is 17.6. The molecule has 0 saturated carbocycles. The molecule has 0 bridgehead atoms. The van der Waals surface area contributed by atoms with E-state index in [0.717, 1.165) is 41.3 Å². The number of anilines is 1. The number of hydrogen-bond donors (Lipinski definition) is 2. The van der Waals surface area contributed by atoms with E-state index >= 15 is 0 Å². The lowest BCUT2D eigenvalue weighted by Gasteiger charge is -2.17. The minimum Gasteiger partial charge on any atom is -0.364 e. The first kappa shape index (κ1) is 20.1. The van der Waals surface area contributed by atoms with Crippen LogP contribution in [0.5, 0.6) is 0 Å². The summed E-state index contributed by atoms with van der Waals surface area (Å²) in [6.45, 7) is 6.74. The first-order chi connectivity index (χ1) is 14.6. The fourth-order valence-electron chi connectivity index (χ4n) is 3.76. The molecule has 4 rings (SSSR count). The van der Waals surface area contributed by atoms with Crippen LogP contribution in [0.3, 0.4) is 0 Å². The fourth-order valence-corrected chi connectivity index (χ4v) is 3.76. The van der Waals surface area contributed by atoms with Crippen LogP contribution in [0, 0.1) is 6.92 Å². The maximum Gasteiger partial charge on any atom is 0.223 e. The minimum absolute atomic E-state index is 0.138. The Bertz CT molecular complexity index is 1030. The Balaban J connectivity index is 1.58. The highest BCUT2D eigenvalue weighted by molar-refractivity contribution is 5.86. The van der Waals surface area contributed by atoms with E-state index in [1.165, 1.54) is 0 Å². The number of aryl methyl sites for hydroxylation is 2. The van der Waals surface area contributed by atoms with Gasteiger partial charge in [-0.25, -0.2) is 24.9 Å². The summed E-state index contributed by atoms with van der Waals surface area (Å²) in [5.41, 5.74) is 2.33. The Kier molecular flexibility index (Phi) is 5.84. The molecule has 2 N–H and O–H groups in total. The predicted molar refractivity (Wildman–Crippen MR) is 114 cm³/mol. The molecule has 0 radical (unpaired) electrons. The molecule has 10 heteroatoms. The van der Waals surface area contributed by atoms with Crippen LogP contribution in [-0.2, 0) is 11.3 Å². The number of carbonyl (C=O) groups excluding carboxylic acids is 1. The van der Waals surface area contributed by atoms with Crippen molar-refractivity contribution in [3.63, 3.8) is 0 Å². The number of nitrogens with one attached hydrogen (secondary N) is 2. The third-order valence-electron chi connectivity index (χ3n) is 5.36. The summed E-state index contributed by atoms with van der Waals surface area (Å²) in [4.78, 5) is 36.5. The number of fused-ring (bicyclic) bond motifs is 1. The number of imidazole rings is 1. The topological polar surface area (TPSA) is 114 Å². The van der Waals surface area contributed by atoms with Gasteiger partial charge in [0.15, 0.2) is 17.0 Å². The van der Waals surface area contributed by atoms with E-state index in [9.17, 15) is 4.79 Å². The lowest BCUT2D eigenvalue weighted by atomic mass is 10.2. The summed E-state index contributed by atoms with van der Waals surface area (Å²) in [5, 5.41) is 6.51. The Labute approximate surface area is 175 Å². The van der Waals surface area contributed by atoms with E-state index in [1.54, 1.807) is 18.7 Å². The highest BCUT2D eigenvalue weighted by atomic mass is 16.2. The molecular weight excluding hydrogens is 382 g/mol. The van der Waals surface area contributed by atoms with Crippen LogP contribution >= 0.6 is 0 Å². The van der Waals surface area contributed by atoms with Crippen molar-refractivity contribution in [3.05, 3.63) is 24.5 Å². The Hall–Kier alpha value is -3.14. The largest absolute Gasteiger partial charge is 0.364 e. The summed E-state index contributed by atoms with van der Waals surface area (Å²) < 4.78 is 2.04. The molecule has 4 heterocycles. The molecule has 1 saturated heterocycles. The fraction of sp³-hybridized carbons (Fsp3) is 0.500. The maximum absolute atomic E-state index is 12.3. The number of amides is 1. The van der Waals surface area contributed by atoms with Crippen LogP contribution in [0.25, 0.3) is 22.6 Å². The lowest BCUT2D eigenvalue weighted by Crippen LogP contribution is -2.33. The molecule has 0 aliphatic carbocycles. The van der Waals surface area contributed by atoms with Crippen LogP contribution in [0.15, 0.2) is 18.7 Å². The number of hydrogen-bond acceptors (Lipinski definition) is 8. The first-order valence-corrected chi connectivity index (χ1v) is 10.3. The van der Waals surface area contributed by atoms with Crippen molar-refractivity contribution >= 4 is 22.9 Å². The molecule has 10 nitrogen and oxygen atoms in total. The van der Waals surface area contributed by atoms with Gasteiger partial charge in [-0.05, 0) is 27.3 Å². The number of nitrogens with zero attached hydrogens (tertiary/aromatic N) is 7. The van der Waals surface area contributed by atoms with Gasteiger partial charge in [-0.3, -0.25) is 4.79 Å². The van der Waals surface area contributed by atoms with Crippen LogP contribution in [0.1, 0.15) is 25.6 Å². The van der Waals surface area contributed by atoms with Gasteiger partial charge in [0.1, 0.15) is 18.0 Å². The standard InChI is InChI=1S/C20H27N9O/c1-4-29-19(14-9-22-13(2)23-10-14)27-17-18(24-12-25-20(17)29)26-15-6-8-28(11-15)16(30)5-7-21-3/h9-10,12,15,21H,4-8,11H2,1-3H3,(H,24,25,26). The average molecular weight is 409 g/mol. The third kappa shape index (κ3) is 3.95. The summed E-state index contributed by atoms with van der Waals surface area (Å²) in [7, 11) is 1.86. The lowest BCUT2D eigenvalue weighted by molar-refractivity contribution is -0.130. The van der Waals surface area contributed by atoms with Crippen LogP contribution in [0.2, 0.25) is 0 Å². The molecule has 158 valence electrons. The van der Waals surface area contributed by atoms with Gasteiger partial charge < -0.3 is 20.1 Å². The van der Waals surface area contributed by atoms with Gasteiger partial charge in [0.2, 0.25) is 5.91 Å². The van der Waals surface area contributed by atoms with Gasteiger partial charge in [0.25, 0.3) is 0 Å². The van der Waals surface area contributed by atoms with E-state index in [1.807, 2.05) is 23.4 Å². The number of carbonyl (C=O) groups is 1. The van der Waals surface area contributed by atoms with Gasteiger partial charge in [-0.2, -0.15) is 0 Å². The van der Waals surface area contributed by atoms with Crippen molar-refractivity contribution in [1.29, 1.82) is 0 Å². The molecule has 1 atom stereocenters. The predicted octanol–water partition coefficient (Wildman–Crippen LogP) is 1.23. The van der Waals surface area contributed by atoms with E-state index in [4.69, 9.17) is 4.98 Å². The molecule has 1 unspecified atom stereocenters. The molecule has 1 aliphatic rings. The summed E-state index contributed by atoms with van der Waals surface area (Å²) in [6, 6.07) is 0.138. The number of aromatic nitrogens is 6. The van der Waals surface area contributed by atoms with Gasteiger partial charge >= 0.3 is 0 Å². The second-order valence-electron chi connectivity index (χ2n) is 7.42. The van der Waals surface area contributed by atoms with Crippen molar-refractivity contribution in [1.82, 2.24) is 39.7 Å². The number of rotatable bonds is 7. The average Bonchev–Trinajstić information content (AvgIpc) is 3.37. The minimum atomic E-state index is 0.138. The van der Waals surface area contributed by atoms with E-state index in [0.29, 0.717) is 31.9 Å². The van der Waals surface area contributed by atoms with Crippen molar-refractivity contribution in [3.8, 4) is 11.4 Å². The van der Waals surface area contributed by atoms with E-state index in [2.05, 4.69) is 37.5 Å². The van der Waals surface area contributed by atoms with E-state index < -0.39 is 0 Å². The number of likely N-dealkylation sites (tertiary alicyclic amines) is 1. The molecular formula is C20H27N9O. The smallest absolute Gasteiger partial charge is 0.223 e. The van der Waals surface area contributed by atoms with Crippen molar-refractivity contribution in [2.45, 2.75) is 39.3 Å². The molecule has 30 heavy (non-hydrogen) atoms. The Morgan fingerprint density at radius 1 is 1.23 bits per heavy atom. The first-order valence-electron chi connectivity index (χ1n) is 10.3. The Morgan fingerprint density at radius 3 is 2.77 bits per heavy atom. The monoisotopic (exact) mass is 409 g/mol. The quantitative estimate of drug-likeness (QED) is 0.599. The van der Waals surface area contributed by atoms with Gasteiger partial charge in [-0.15, -0.1) is 0 Å². The third-order valence-corrected chi connectivity index (χ3v) is 5.36. The highest BCUT2D eigenvalue weighted by Crippen LogP contribution is 2.27. The molecule has 3 aromatic heterocycles. The van der Waals surface area contributed by atoms with Crippen molar-refractivity contribution in [2.24, 2.45) is 0 Å². The van der Waals surface area contributed by atoms with E-state index in [-0.39, 0.29) is 11.9 Å². The second kappa shape index (κ2) is 8.70. The van der Waals surface area contributed by atoms with Crippen LogP contribution in [0.4, 0.5) is 5.82 Å². The van der Waals surface area contributed by atoms with Gasteiger partial charge in [0.05, 0.1) is 5.56 Å². The molecule has 1 aliphatic heterocycles. The van der Waals surface area contributed by atoms with Crippen LogP contribution in [-0.4, -0.2) is 73.0 Å². The Morgan fingerprint density at radius 2 is 2.03 bits per heavy atom. The molecule has 0 spiro atoms. The molecule has 3 aromatic rings. The maximum atomic E-state index is 12.3. The normalized spacial score (nSPS) is 16.4. The summed E-state index contributed by atoms with van der Waals surface area (Å²) in [5.74, 6) is 2.36.